The highest BCUT2D eigenvalue weighted by Crippen LogP contribution is 2.25. The molecule has 0 bridgehead atoms. The van der Waals surface area contributed by atoms with E-state index in [1.54, 1.807) is 0 Å². The van der Waals surface area contributed by atoms with Crippen molar-refractivity contribution in [1.29, 1.82) is 0 Å². The van der Waals surface area contributed by atoms with Gasteiger partial charge in [-0.05, 0) is 50.1 Å². The second kappa shape index (κ2) is 7.03. The minimum absolute atomic E-state index is 0.122. The van der Waals surface area contributed by atoms with Crippen molar-refractivity contribution in [2.75, 3.05) is 31.1 Å². The van der Waals surface area contributed by atoms with E-state index in [1.807, 2.05) is 36.1 Å². The fourth-order valence-electron chi connectivity index (χ4n) is 3.81. The molecule has 0 unspecified atom stereocenters. The van der Waals surface area contributed by atoms with Crippen molar-refractivity contribution in [3.63, 3.8) is 0 Å². The summed E-state index contributed by atoms with van der Waals surface area (Å²) >= 11 is 0. The monoisotopic (exact) mass is 359 g/mol. The SMILES string of the molecule is Cc1cccc(C(=O)N2CCN(c3cc(C)c4cccc(C)c4n3)CC2)c1. The fraction of sp³-hybridized carbons (Fsp3) is 0.304. The number of aromatic nitrogens is 1. The largest absolute Gasteiger partial charge is 0.353 e. The summed E-state index contributed by atoms with van der Waals surface area (Å²) in [4.78, 5) is 21.9. The molecule has 138 valence electrons. The van der Waals surface area contributed by atoms with Crippen molar-refractivity contribution in [2.45, 2.75) is 20.8 Å². The topological polar surface area (TPSA) is 36.4 Å². The molecule has 2 aromatic carbocycles. The molecule has 1 aliphatic rings. The fourth-order valence-corrected chi connectivity index (χ4v) is 3.81. The number of para-hydroxylation sites is 1. The van der Waals surface area contributed by atoms with E-state index in [9.17, 15) is 4.79 Å². The number of aryl methyl sites for hydroxylation is 3. The summed E-state index contributed by atoms with van der Waals surface area (Å²) < 4.78 is 0. The summed E-state index contributed by atoms with van der Waals surface area (Å²) in [5, 5.41) is 1.21. The zero-order chi connectivity index (χ0) is 19.0. The van der Waals surface area contributed by atoms with Gasteiger partial charge in [-0.2, -0.15) is 0 Å². The number of fused-ring (bicyclic) bond motifs is 1. The molecule has 4 nitrogen and oxygen atoms in total. The first-order chi connectivity index (χ1) is 13.0. The van der Waals surface area contributed by atoms with Crippen molar-refractivity contribution in [2.24, 2.45) is 0 Å². The van der Waals surface area contributed by atoms with Crippen molar-refractivity contribution >= 4 is 22.6 Å². The summed E-state index contributed by atoms with van der Waals surface area (Å²) in [6, 6.07) is 16.3. The van der Waals surface area contributed by atoms with Gasteiger partial charge in [0, 0.05) is 37.1 Å². The van der Waals surface area contributed by atoms with E-state index in [0.717, 1.165) is 48.6 Å². The van der Waals surface area contributed by atoms with Crippen LogP contribution in [0.2, 0.25) is 0 Å². The number of rotatable bonds is 2. The van der Waals surface area contributed by atoms with Gasteiger partial charge in [-0.1, -0.05) is 35.9 Å². The number of pyridine rings is 1. The molecule has 4 rings (SSSR count). The quantitative estimate of drug-likeness (QED) is 0.690. The summed E-state index contributed by atoms with van der Waals surface area (Å²) in [6.45, 7) is 9.33. The van der Waals surface area contributed by atoms with Gasteiger partial charge in [0.2, 0.25) is 0 Å². The first-order valence-corrected chi connectivity index (χ1v) is 9.51. The van der Waals surface area contributed by atoms with Crippen molar-refractivity contribution in [3.05, 3.63) is 70.8 Å². The normalized spacial score (nSPS) is 14.6. The molecule has 0 radical (unpaired) electrons. The van der Waals surface area contributed by atoms with E-state index in [-0.39, 0.29) is 5.91 Å². The predicted molar refractivity (Wildman–Crippen MR) is 111 cm³/mol. The van der Waals surface area contributed by atoms with Crippen LogP contribution in [0.3, 0.4) is 0 Å². The number of piperazine rings is 1. The first-order valence-electron chi connectivity index (χ1n) is 9.51. The molecule has 0 aliphatic carbocycles. The van der Waals surface area contributed by atoms with Gasteiger partial charge in [0.05, 0.1) is 5.52 Å². The molecular formula is C23H25N3O. The highest BCUT2D eigenvalue weighted by atomic mass is 16.2. The van der Waals surface area contributed by atoms with Crippen LogP contribution < -0.4 is 4.90 Å². The van der Waals surface area contributed by atoms with Crippen molar-refractivity contribution in [3.8, 4) is 0 Å². The van der Waals surface area contributed by atoms with Crippen LogP contribution in [0.5, 0.6) is 0 Å². The number of benzene rings is 2. The van der Waals surface area contributed by atoms with Crippen LogP contribution in [0.25, 0.3) is 10.9 Å². The van der Waals surface area contributed by atoms with Gasteiger partial charge in [-0.3, -0.25) is 4.79 Å². The zero-order valence-electron chi connectivity index (χ0n) is 16.2. The molecular weight excluding hydrogens is 334 g/mol. The number of carbonyl (C=O) groups excluding carboxylic acids is 1. The molecule has 0 atom stereocenters. The molecule has 1 fully saturated rings. The Hall–Kier alpha value is -2.88. The maximum absolute atomic E-state index is 12.8. The Labute approximate surface area is 160 Å². The standard InChI is InChI=1S/C23H25N3O/c1-16-6-4-8-19(14-16)23(27)26-12-10-25(11-13-26)21-15-18(3)20-9-5-7-17(2)22(20)24-21/h4-9,14-15H,10-13H2,1-3H3. The van der Waals surface area contributed by atoms with Crippen molar-refractivity contribution < 1.29 is 4.79 Å². The van der Waals surface area contributed by atoms with Gasteiger partial charge in [0.1, 0.15) is 5.82 Å². The minimum Gasteiger partial charge on any atom is -0.353 e. The Morgan fingerprint density at radius 1 is 0.889 bits per heavy atom. The molecule has 1 amide bonds. The number of hydrogen-bond donors (Lipinski definition) is 0. The third kappa shape index (κ3) is 3.39. The highest BCUT2D eigenvalue weighted by Gasteiger charge is 2.23. The number of carbonyl (C=O) groups is 1. The molecule has 2 heterocycles. The summed E-state index contributed by atoms with van der Waals surface area (Å²) in [7, 11) is 0. The Kier molecular flexibility index (Phi) is 4.56. The maximum atomic E-state index is 12.8. The van der Waals surface area contributed by atoms with Crippen LogP contribution in [-0.4, -0.2) is 42.0 Å². The number of anilines is 1. The van der Waals surface area contributed by atoms with E-state index >= 15 is 0 Å². The zero-order valence-corrected chi connectivity index (χ0v) is 16.2. The second-order valence-corrected chi connectivity index (χ2v) is 7.42. The molecule has 1 saturated heterocycles. The smallest absolute Gasteiger partial charge is 0.253 e. The summed E-state index contributed by atoms with van der Waals surface area (Å²) in [6.07, 6.45) is 0. The Balaban J connectivity index is 1.52. The van der Waals surface area contributed by atoms with Gasteiger partial charge in [0.25, 0.3) is 5.91 Å². The first kappa shape index (κ1) is 17.5. The Morgan fingerprint density at radius 3 is 2.37 bits per heavy atom. The van der Waals surface area contributed by atoms with E-state index in [0.29, 0.717) is 0 Å². The molecule has 1 aromatic heterocycles. The lowest BCUT2D eigenvalue weighted by molar-refractivity contribution is 0.0746. The van der Waals surface area contributed by atoms with E-state index in [4.69, 9.17) is 4.98 Å². The highest BCUT2D eigenvalue weighted by molar-refractivity contribution is 5.94. The van der Waals surface area contributed by atoms with Gasteiger partial charge in [-0.25, -0.2) is 4.98 Å². The third-order valence-electron chi connectivity index (χ3n) is 5.39. The molecule has 0 saturated carbocycles. The minimum atomic E-state index is 0.122. The molecule has 4 heteroatoms. The average molecular weight is 359 g/mol. The number of amides is 1. The van der Waals surface area contributed by atoms with Crippen LogP contribution in [-0.2, 0) is 0 Å². The lowest BCUT2D eigenvalue weighted by atomic mass is 10.1. The van der Waals surface area contributed by atoms with E-state index in [1.165, 1.54) is 16.5 Å². The van der Waals surface area contributed by atoms with Crippen molar-refractivity contribution in [1.82, 2.24) is 9.88 Å². The van der Waals surface area contributed by atoms with Crippen LogP contribution in [0, 0.1) is 20.8 Å². The Morgan fingerprint density at radius 2 is 1.63 bits per heavy atom. The number of hydrogen-bond acceptors (Lipinski definition) is 3. The van der Waals surface area contributed by atoms with E-state index < -0.39 is 0 Å². The lowest BCUT2D eigenvalue weighted by Crippen LogP contribution is -2.49. The van der Waals surface area contributed by atoms with Gasteiger partial charge in [0.15, 0.2) is 0 Å². The van der Waals surface area contributed by atoms with Crippen LogP contribution in [0.4, 0.5) is 5.82 Å². The average Bonchev–Trinajstić information content (AvgIpc) is 2.68. The molecule has 1 aliphatic heterocycles. The number of nitrogens with zero attached hydrogens (tertiary/aromatic N) is 3. The lowest BCUT2D eigenvalue weighted by Gasteiger charge is -2.35. The predicted octanol–water partition coefficient (Wildman–Crippen LogP) is 4.12. The van der Waals surface area contributed by atoms with Gasteiger partial charge < -0.3 is 9.80 Å². The molecule has 3 aromatic rings. The summed E-state index contributed by atoms with van der Waals surface area (Å²) in [5.74, 6) is 1.13. The maximum Gasteiger partial charge on any atom is 0.253 e. The molecule has 27 heavy (non-hydrogen) atoms. The van der Waals surface area contributed by atoms with Gasteiger partial charge >= 0.3 is 0 Å². The third-order valence-corrected chi connectivity index (χ3v) is 5.39. The van der Waals surface area contributed by atoms with Crippen LogP contribution >= 0.6 is 0 Å². The van der Waals surface area contributed by atoms with Crippen LogP contribution in [0.15, 0.2) is 48.5 Å². The Bertz CT molecular complexity index is 1000. The molecule has 0 spiro atoms. The second-order valence-electron chi connectivity index (χ2n) is 7.42. The van der Waals surface area contributed by atoms with Crippen LogP contribution in [0.1, 0.15) is 27.0 Å². The summed E-state index contributed by atoms with van der Waals surface area (Å²) in [5.41, 5.74) is 5.41. The van der Waals surface area contributed by atoms with Gasteiger partial charge in [-0.15, -0.1) is 0 Å². The van der Waals surface area contributed by atoms with E-state index in [2.05, 4.69) is 43.0 Å². The molecule has 0 N–H and O–H groups in total.